The van der Waals surface area contributed by atoms with Gasteiger partial charge in [-0.1, -0.05) is 0 Å². The van der Waals surface area contributed by atoms with Crippen LogP contribution in [0.2, 0.25) is 0 Å². The fraction of sp³-hybridized carbons (Fsp3) is 0.273. The van der Waals surface area contributed by atoms with Gasteiger partial charge in [0.05, 0.1) is 29.1 Å². The molecule has 96 valence electrons. The first-order valence-corrected chi connectivity index (χ1v) is 6.12. The number of ether oxygens (including phenoxy) is 1. The summed E-state index contributed by atoms with van der Waals surface area (Å²) in [5.74, 6) is -0.304. The van der Waals surface area contributed by atoms with Gasteiger partial charge in [0.2, 0.25) is 0 Å². The van der Waals surface area contributed by atoms with Crippen molar-refractivity contribution in [2.45, 2.75) is 13.3 Å². The van der Waals surface area contributed by atoms with E-state index in [1.54, 1.807) is 19.1 Å². The fourth-order valence-corrected chi connectivity index (χ4v) is 2.36. The molecule has 7 heteroatoms. The van der Waals surface area contributed by atoms with Gasteiger partial charge in [-0.2, -0.15) is 4.37 Å². The maximum atomic E-state index is 11.4. The van der Waals surface area contributed by atoms with Gasteiger partial charge in [0, 0.05) is 5.39 Å². The van der Waals surface area contributed by atoms with Gasteiger partial charge in [0.1, 0.15) is 0 Å². The molecule has 1 aromatic heterocycles. The summed E-state index contributed by atoms with van der Waals surface area (Å²) in [4.78, 5) is 15.3. The molecule has 6 nitrogen and oxygen atoms in total. The second-order valence-corrected chi connectivity index (χ2v) is 4.32. The van der Waals surface area contributed by atoms with Crippen LogP contribution in [0.25, 0.3) is 10.1 Å². The monoisotopic (exact) mass is 268 g/mol. The molecule has 1 aromatic carbocycles. The Balaban J connectivity index is 2.27. The van der Waals surface area contributed by atoms with Gasteiger partial charge >= 0.3 is 5.97 Å². The average Bonchev–Trinajstić information content (AvgIpc) is 2.73. The molecular weight excluding hydrogens is 256 g/mol. The molecule has 2 aromatic rings. The van der Waals surface area contributed by atoms with Crippen molar-refractivity contribution in [3.8, 4) is 0 Å². The van der Waals surface area contributed by atoms with E-state index in [0.717, 1.165) is 10.1 Å². The second-order valence-electron chi connectivity index (χ2n) is 3.52. The Hall–Kier alpha value is -1.70. The Kier molecular flexibility index (Phi) is 4.08. The van der Waals surface area contributed by atoms with Gasteiger partial charge in [-0.3, -0.25) is 4.79 Å². The van der Waals surface area contributed by atoms with E-state index in [9.17, 15) is 4.79 Å². The number of aromatic nitrogens is 1. The lowest BCUT2D eigenvalue weighted by atomic mass is 10.1. The Morgan fingerprint density at radius 2 is 2.39 bits per heavy atom. The van der Waals surface area contributed by atoms with Gasteiger partial charge in [0.15, 0.2) is 0 Å². The Bertz CT molecular complexity index is 555. The number of fused-ring (bicyclic) bond motifs is 1. The van der Waals surface area contributed by atoms with Crippen LogP contribution in [0, 0.1) is 0 Å². The van der Waals surface area contributed by atoms with Crippen LogP contribution in [0.4, 0.5) is 5.69 Å². The minimum Gasteiger partial charge on any atom is -0.466 e. The molecule has 0 spiro atoms. The van der Waals surface area contributed by atoms with Gasteiger partial charge in [0.25, 0.3) is 0 Å². The van der Waals surface area contributed by atoms with Gasteiger partial charge in [-0.15, -0.1) is 4.99 Å². The van der Waals surface area contributed by atoms with E-state index in [0.29, 0.717) is 18.0 Å². The third-order valence-electron chi connectivity index (χ3n) is 2.33. The van der Waals surface area contributed by atoms with Crippen LogP contribution >= 0.6 is 11.5 Å². The highest BCUT2D eigenvalue weighted by Crippen LogP contribution is 2.26. The number of benzene rings is 1. The van der Waals surface area contributed by atoms with E-state index in [2.05, 4.69) is 14.8 Å². The minimum absolute atomic E-state index is 0.136. The molecule has 1 heterocycles. The first kappa shape index (κ1) is 12.7. The molecule has 0 amide bonds. The van der Waals surface area contributed by atoms with Gasteiger partial charge in [-0.05, 0) is 36.7 Å². The Labute approximate surface area is 107 Å². The largest absolute Gasteiger partial charge is 0.466 e. The minimum atomic E-state index is -0.304. The molecule has 0 aliphatic heterocycles. The predicted octanol–water partition coefficient (Wildman–Crippen LogP) is 2.22. The number of rotatable bonds is 5. The molecule has 0 radical (unpaired) electrons. The zero-order valence-electron chi connectivity index (χ0n) is 9.67. The summed E-state index contributed by atoms with van der Waals surface area (Å²) in [6.45, 7) is 2.11. The zero-order chi connectivity index (χ0) is 13.0. The number of hydrogen-bond donors (Lipinski definition) is 2. The van der Waals surface area contributed by atoms with Crippen LogP contribution in [0.5, 0.6) is 0 Å². The van der Waals surface area contributed by atoms with Crippen LogP contribution < -0.4 is 5.48 Å². The van der Waals surface area contributed by atoms with Crippen LogP contribution in [-0.2, 0) is 20.9 Å². The number of carbonyl (C=O) groups is 1. The number of esters is 1. The van der Waals surface area contributed by atoms with Crippen molar-refractivity contribution >= 4 is 33.3 Å². The van der Waals surface area contributed by atoms with Gasteiger partial charge in [-0.25, -0.2) is 10.7 Å². The van der Waals surface area contributed by atoms with Crippen molar-refractivity contribution in [2.75, 3.05) is 12.1 Å². The quantitative estimate of drug-likeness (QED) is 0.491. The lowest BCUT2D eigenvalue weighted by Gasteiger charge is -2.02. The molecule has 0 bridgehead atoms. The van der Waals surface area contributed by atoms with Crippen molar-refractivity contribution < 1.29 is 19.8 Å². The van der Waals surface area contributed by atoms with Crippen LogP contribution in [0.3, 0.4) is 0 Å². The van der Waals surface area contributed by atoms with E-state index in [1.165, 1.54) is 11.5 Å². The molecule has 0 aliphatic carbocycles. The molecule has 18 heavy (non-hydrogen) atoms. The number of carbonyl (C=O) groups excluding carboxylic acids is 1. The maximum Gasteiger partial charge on any atom is 0.311 e. The Morgan fingerprint density at radius 1 is 1.56 bits per heavy atom. The number of nitrogens with one attached hydrogen (secondary N) is 1. The molecule has 0 aliphatic rings. The third-order valence-corrected chi connectivity index (χ3v) is 3.19. The van der Waals surface area contributed by atoms with Crippen molar-refractivity contribution in [3.05, 3.63) is 23.9 Å². The first-order chi connectivity index (χ1) is 8.74. The predicted molar refractivity (Wildman–Crippen MR) is 67.3 cm³/mol. The molecule has 0 fully saturated rings. The molecule has 2 rings (SSSR count). The SMILES string of the molecule is CCOC(=O)Cc1nsc2ccc(NOO)cc12. The topological polar surface area (TPSA) is 80.7 Å². The highest BCUT2D eigenvalue weighted by atomic mass is 32.1. The third kappa shape index (κ3) is 2.76. The zero-order valence-corrected chi connectivity index (χ0v) is 10.5. The highest BCUT2D eigenvalue weighted by Gasteiger charge is 2.12. The average molecular weight is 268 g/mol. The number of nitrogens with zero attached hydrogens (tertiary/aromatic N) is 1. The van der Waals surface area contributed by atoms with E-state index in [4.69, 9.17) is 9.99 Å². The molecular formula is C11H12N2O4S. The molecule has 0 unspecified atom stereocenters. The summed E-state index contributed by atoms with van der Waals surface area (Å²) >= 11 is 1.31. The molecule has 0 saturated heterocycles. The van der Waals surface area contributed by atoms with Gasteiger partial charge < -0.3 is 4.74 Å². The lowest BCUT2D eigenvalue weighted by Crippen LogP contribution is -2.07. The van der Waals surface area contributed by atoms with E-state index in [1.807, 2.05) is 6.07 Å². The molecule has 0 atom stereocenters. The summed E-state index contributed by atoms with van der Waals surface area (Å²) in [7, 11) is 0. The molecule has 0 saturated carbocycles. The summed E-state index contributed by atoms with van der Waals surface area (Å²) in [5, 5.41) is 9.17. The second kappa shape index (κ2) is 5.76. The lowest BCUT2D eigenvalue weighted by molar-refractivity contribution is -0.215. The standard InChI is InChI=1S/C11H12N2O4S/c1-2-16-11(14)6-9-8-5-7(12-17-15)3-4-10(8)18-13-9/h3-5,12,15H,2,6H2,1H3. The number of anilines is 1. The van der Waals surface area contributed by atoms with Crippen molar-refractivity contribution in [1.82, 2.24) is 4.37 Å². The summed E-state index contributed by atoms with van der Waals surface area (Å²) < 4.78 is 10.1. The Morgan fingerprint density at radius 3 is 3.11 bits per heavy atom. The normalized spacial score (nSPS) is 10.6. The fourth-order valence-electron chi connectivity index (χ4n) is 1.58. The highest BCUT2D eigenvalue weighted by molar-refractivity contribution is 7.13. The molecule has 2 N–H and O–H groups in total. The summed E-state index contributed by atoms with van der Waals surface area (Å²) in [6.07, 6.45) is 0.136. The number of hydrogen-bond acceptors (Lipinski definition) is 7. The van der Waals surface area contributed by atoms with Crippen molar-refractivity contribution in [2.24, 2.45) is 0 Å². The van der Waals surface area contributed by atoms with Crippen LogP contribution in [-0.4, -0.2) is 22.2 Å². The van der Waals surface area contributed by atoms with Crippen molar-refractivity contribution in [1.29, 1.82) is 0 Å². The summed E-state index contributed by atoms with van der Waals surface area (Å²) in [5.41, 5.74) is 3.55. The van der Waals surface area contributed by atoms with E-state index < -0.39 is 0 Å². The van der Waals surface area contributed by atoms with E-state index >= 15 is 0 Å². The van der Waals surface area contributed by atoms with Crippen LogP contribution in [0.1, 0.15) is 12.6 Å². The van der Waals surface area contributed by atoms with Crippen LogP contribution in [0.15, 0.2) is 18.2 Å². The van der Waals surface area contributed by atoms with E-state index in [-0.39, 0.29) is 12.4 Å². The smallest absolute Gasteiger partial charge is 0.311 e. The maximum absolute atomic E-state index is 11.4. The first-order valence-electron chi connectivity index (χ1n) is 5.35. The van der Waals surface area contributed by atoms with Crippen molar-refractivity contribution in [3.63, 3.8) is 0 Å². The summed E-state index contributed by atoms with van der Waals surface area (Å²) in [6, 6.07) is 5.33.